The van der Waals surface area contributed by atoms with Gasteiger partial charge in [-0.25, -0.2) is 8.42 Å². The molecule has 1 saturated heterocycles. The lowest BCUT2D eigenvalue weighted by atomic mass is 9.80. The van der Waals surface area contributed by atoms with Gasteiger partial charge in [0, 0.05) is 30.9 Å². The van der Waals surface area contributed by atoms with Crippen LogP contribution in [-0.4, -0.2) is 46.2 Å². The lowest BCUT2D eigenvalue weighted by molar-refractivity contribution is -0.00978. The normalized spacial score (nSPS) is 26.4. The summed E-state index contributed by atoms with van der Waals surface area (Å²) in [5.74, 6) is 0.260. The van der Waals surface area contributed by atoms with Crippen molar-refractivity contribution in [2.45, 2.75) is 39.2 Å². The van der Waals surface area contributed by atoms with Crippen LogP contribution in [0.25, 0.3) is 0 Å². The van der Waals surface area contributed by atoms with E-state index in [2.05, 4.69) is 19.2 Å². The van der Waals surface area contributed by atoms with Crippen molar-refractivity contribution >= 4 is 9.84 Å². The summed E-state index contributed by atoms with van der Waals surface area (Å²) >= 11 is 0. The third-order valence-electron chi connectivity index (χ3n) is 3.29. The Kier molecular flexibility index (Phi) is 5.41. The van der Waals surface area contributed by atoms with Gasteiger partial charge in [0.05, 0.1) is 12.4 Å². The van der Waals surface area contributed by atoms with E-state index in [9.17, 15) is 8.42 Å². The molecule has 0 radical (unpaired) electrons. The topological polar surface area (TPSA) is 55.4 Å². The van der Waals surface area contributed by atoms with Crippen LogP contribution in [0.1, 0.15) is 33.1 Å². The highest BCUT2D eigenvalue weighted by atomic mass is 32.2. The Labute approximate surface area is 105 Å². The summed E-state index contributed by atoms with van der Waals surface area (Å²) in [6.07, 6.45) is 4.09. The van der Waals surface area contributed by atoms with Gasteiger partial charge in [-0.3, -0.25) is 0 Å². The molecule has 0 aromatic rings. The molecule has 1 atom stereocenters. The van der Waals surface area contributed by atoms with Crippen LogP contribution in [0.5, 0.6) is 0 Å². The number of rotatable bonds is 6. The first kappa shape index (κ1) is 14.9. The molecule has 4 nitrogen and oxygen atoms in total. The molecule has 1 fully saturated rings. The summed E-state index contributed by atoms with van der Waals surface area (Å²) in [5, 5.41) is 3.42. The molecule has 0 bridgehead atoms. The Hall–Kier alpha value is -0.130. The molecule has 0 saturated carbocycles. The van der Waals surface area contributed by atoms with Gasteiger partial charge >= 0.3 is 0 Å². The molecule has 102 valence electrons. The van der Waals surface area contributed by atoms with E-state index < -0.39 is 9.84 Å². The minimum atomic E-state index is -2.88. The van der Waals surface area contributed by atoms with E-state index in [1.807, 2.05) is 0 Å². The number of sulfone groups is 1. The maximum absolute atomic E-state index is 11.3. The van der Waals surface area contributed by atoms with Crippen molar-refractivity contribution in [1.82, 2.24) is 5.32 Å². The van der Waals surface area contributed by atoms with Gasteiger partial charge < -0.3 is 10.1 Å². The lowest BCUT2D eigenvalue weighted by Crippen LogP contribution is -2.44. The van der Waals surface area contributed by atoms with Crippen molar-refractivity contribution in [3.8, 4) is 0 Å². The second-order valence-corrected chi connectivity index (χ2v) is 7.83. The van der Waals surface area contributed by atoms with Gasteiger partial charge in [0.2, 0.25) is 0 Å². The Morgan fingerprint density at radius 2 is 2.12 bits per heavy atom. The van der Waals surface area contributed by atoms with E-state index in [0.29, 0.717) is 19.1 Å². The van der Waals surface area contributed by atoms with Crippen molar-refractivity contribution in [2.24, 2.45) is 5.41 Å². The molecule has 1 unspecified atom stereocenters. The average Bonchev–Trinajstić information content (AvgIpc) is 2.25. The van der Waals surface area contributed by atoms with Gasteiger partial charge in [-0.1, -0.05) is 13.8 Å². The SMILES string of the molecule is CC(C)NCC1(CCS(C)(=O)=O)CCCOC1. The van der Waals surface area contributed by atoms with Gasteiger partial charge in [-0.15, -0.1) is 0 Å². The van der Waals surface area contributed by atoms with E-state index in [0.717, 1.165) is 26.0 Å². The summed E-state index contributed by atoms with van der Waals surface area (Å²) < 4.78 is 28.1. The van der Waals surface area contributed by atoms with Crippen molar-refractivity contribution in [2.75, 3.05) is 31.8 Å². The zero-order valence-corrected chi connectivity index (χ0v) is 12.0. The van der Waals surface area contributed by atoms with Gasteiger partial charge in [-0.2, -0.15) is 0 Å². The van der Waals surface area contributed by atoms with Crippen molar-refractivity contribution in [3.63, 3.8) is 0 Å². The van der Waals surface area contributed by atoms with Crippen LogP contribution in [-0.2, 0) is 14.6 Å². The van der Waals surface area contributed by atoms with E-state index >= 15 is 0 Å². The van der Waals surface area contributed by atoms with Crippen molar-refractivity contribution < 1.29 is 13.2 Å². The second-order valence-electron chi connectivity index (χ2n) is 5.57. The molecule has 1 aliphatic rings. The van der Waals surface area contributed by atoms with Crippen LogP contribution in [0, 0.1) is 5.41 Å². The highest BCUT2D eigenvalue weighted by Gasteiger charge is 2.33. The lowest BCUT2D eigenvalue weighted by Gasteiger charge is -2.37. The van der Waals surface area contributed by atoms with Crippen LogP contribution in [0.15, 0.2) is 0 Å². The highest BCUT2D eigenvalue weighted by Crippen LogP contribution is 2.32. The minimum absolute atomic E-state index is 0.00556. The first-order valence-corrected chi connectivity index (χ1v) is 8.38. The summed E-state index contributed by atoms with van der Waals surface area (Å²) in [7, 11) is -2.88. The number of hydrogen-bond acceptors (Lipinski definition) is 4. The molecule has 0 spiro atoms. The van der Waals surface area contributed by atoms with Crippen LogP contribution in [0.2, 0.25) is 0 Å². The first-order chi connectivity index (χ1) is 7.83. The summed E-state index contributed by atoms with van der Waals surface area (Å²) in [6.45, 7) is 6.55. The van der Waals surface area contributed by atoms with Gasteiger partial charge in [0.1, 0.15) is 9.84 Å². The standard InChI is InChI=1S/C12H25NO3S/c1-11(2)13-9-12(5-4-7-16-10-12)6-8-17(3,14)15/h11,13H,4-10H2,1-3H3. The number of hydrogen-bond donors (Lipinski definition) is 1. The molecule has 1 aliphatic heterocycles. The molecule has 1 rings (SSSR count). The minimum Gasteiger partial charge on any atom is -0.381 e. The fourth-order valence-electron chi connectivity index (χ4n) is 2.16. The van der Waals surface area contributed by atoms with Gasteiger partial charge in [0.25, 0.3) is 0 Å². The fourth-order valence-corrected chi connectivity index (χ4v) is 2.96. The third kappa shape index (κ3) is 5.84. The molecule has 0 aromatic heterocycles. The predicted molar refractivity (Wildman–Crippen MR) is 70.0 cm³/mol. The largest absolute Gasteiger partial charge is 0.381 e. The number of nitrogens with one attached hydrogen (secondary N) is 1. The molecule has 0 amide bonds. The molecular formula is C12H25NO3S. The Morgan fingerprint density at radius 3 is 2.59 bits per heavy atom. The number of ether oxygens (including phenoxy) is 1. The Balaban J connectivity index is 2.58. The molecule has 5 heteroatoms. The maximum atomic E-state index is 11.3. The van der Waals surface area contributed by atoms with E-state index in [1.54, 1.807) is 0 Å². The predicted octanol–water partition coefficient (Wildman–Crippen LogP) is 1.22. The smallest absolute Gasteiger partial charge is 0.147 e. The highest BCUT2D eigenvalue weighted by molar-refractivity contribution is 7.90. The van der Waals surface area contributed by atoms with Crippen LogP contribution < -0.4 is 5.32 Å². The average molecular weight is 263 g/mol. The van der Waals surface area contributed by atoms with Gasteiger partial charge in [0.15, 0.2) is 0 Å². The Bertz CT molecular complexity index is 319. The van der Waals surface area contributed by atoms with Crippen molar-refractivity contribution in [1.29, 1.82) is 0 Å². The molecule has 17 heavy (non-hydrogen) atoms. The third-order valence-corrected chi connectivity index (χ3v) is 4.24. The fraction of sp³-hybridized carbons (Fsp3) is 1.00. The Morgan fingerprint density at radius 1 is 1.41 bits per heavy atom. The zero-order valence-electron chi connectivity index (χ0n) is 11.2. The molecule has 1 heterocycles. The first-order valence-electron chi connectivity index (χ1n) is 6.32. The zero-order chi connectivity index (χ0) is 12.9. The maximum Gasteiger partial charge on any atom is 0.147 e. The summed E-state index contributed by atoms with van der Waals surface area (Å²) in [4.78, 5) is 0. The van der Waals surface area contributed by atoms with Gasteiger partial charge in [-0.05, 0) is 19.3 Å². The second kappa shape index (κ2) is 6.16. The van der Waals surface area contributed by atoms with Crippen LogP contribution in [0.4, 0.5) is 0 Å². The molecular weight excluding hydrogens is 238 g/mol. The van der Waals surface area contributed by atoms with Crippen LogP contribution in [0.3, 0.4) is 0 Å². The summed E-state index contributed by atoms with van der Waals surface area (Å²) in [6, 6.07) is 0.423. The quantitative estimate of drug-likeness (QED) is 0.783. The monoisotopic (exact) mass is 263 g/mol. The van der Waals surface area contributed by atoms with E-state index in [-0.39, 0.29) is 11.2 Å². The molecule has 0 aromatic carbocycles. The van der Waals surface area contributed by atoms with Crippen LogP contribution >= 0.6 is 0 Å². The van der Waals surface area contributed by atoms with E-state index in [4.69, 9.17) is 4.74 Å². The van der Waals surface area contributed by atoms with Crippen molar-refractivity contribution in [3.05, 3.63) is 0 Å². The molecule has 0 aliphatic carbocycles. The van der Waals surface area contributed by atoms with E-state index in [1.165, 1.54) is 6.26 Å². The summed E-state index contributed by atoms with van der Waals surface area (Å²) in [5.41, 5.74) is 0.00556. The molecule has 1 N–H and O–H groups in total.